The number of carbonyl (C=O) groups excluding carboxylic acids is 1. The van der Waals surface area contributed by atoms with Crippen LogP contribution in [-0.4, -0.2) is 45.5 Å². The van der Waals surface area contributed by atoms with Gasteiger partial charge in [0.2, 0.25) is 0 Å². The molecule has 150 valence electrons. The minimum atomic E-state index is -3.67. The van der Waals surface area contributed by atoms with E-state index in [2.05, 4.69) is 18.6 Å². The maximum atomic E-state index is 12.6. The maximum absolute atomic E-state index is 12.6. The Morgan fingerprint density at radius 3 is 2.21 bits per heavy atom. The number of sulfonamides is 1. The number of ether oxygens (including phenoxy) is 1. The molecule has 0 aliphatic carbocycles. The number of nitrogens with one attached hydrogen (secondary N) is 1. The Balaban J connectivity index is 1.67. The lowest BCUT2D eigenvalue weighted by molar-refractivity contribution is 0.0303. The Bertz CT molecular complexity index is 900. The smallest absolute Gasteiger partial charge is 0.261 e. The Hall–Kier alpha value is -2.38. The van der Waals surface area contributed by atoms with Crippen molar-refractivity contribution in [1.29, 1.82) is 0 Å². The van der Waals surface area contributed by atoms with Crippen molar-refractivity contribution in [2.24, 2.45) is 5.92 Å². The highest BCUT2D eigenvalue weighted by atomic mass is 32.2. The molecule has 1 aliphatic heterocycles. The third-order valence-electron chi connectivity index (χ3n) is 4.56. The number of hydrogen-bond acceptors (Lipinski definition) is 4. The van der Waals surface area contributed by atoms with Crippen LogP contribution in [0.15, 0.2) is 53.4 Å². The lowest BCUT2D eigenvalue weighted by Crippen LogP contribution is -2.40. The van der Waals surface area contributed by atoms with E-state index in [1.165, 1.54) is 0 Å². The predicted molar refractivity (Wildman–Crippen MR) is 109 cm³/mol. The van der Waals surface area contributed by atoms with Crippen LogP contribution in [0, 0.1) is 5.92 Å². The van der Waals surface area contributed by atoms with Gasteiger partial charge in [-0.3, -0.25) is 9.52 Å². The second-order valence-corrected chi connectivity index (χ2v) is 9.01. The summed E-state index contributed by atoms with van der Waals surface area (Å²) in [6.45, 7) is 6.47. The molecule has 0 aromatic heterocycles. The second kappa shape index (κ2) is 8.75. The van der Waals surface area contributed by atoms with Gasteiger partial charge in [0.15, 0.2) is 0 Å². The summed E-state index contributed by atoms with van der Waals surface area (Å²) in [5, 5.41) is 0. The third-order valence-corrected chi connectivity index (χ3v) is 5.96. The molecule has 1 aliphatic rings. The van der Waals surface area contributed by atoms with Crippen LogP contribution in [0.3, 0.4) is 0 Å². The molecule has 0 bridgehead atoms. The van der Waals surface area contributed by atoms with Gasteiger partial charge in [0.1, 0.15) is 0 Å². The summed E-state index contributed by atoms with van der Waals surface area (Å²) in [5.74, 6) is 0.442. The molecule has 0 saturated carbocycles. The van der Waals surface area contributed by atoms with Gasteiger partial charge in [0.05, 0.1) is 18.1 Å². The van der Waals surface area contributed by atoms with E-state index in [1.54, 1.807) is 41.3 Å². The zero-order valence-electron chi connectivity index (χ0n) is 16.2. The highest BCUT2D eigenvalue weighted by Gasteiger charge is 2.19. The van der Waals surface area contributed by atoms with Crippen molar-refractivity contribution in [2.75, 3.05) is 31.0 Å². The van der Waals surface area contributed by atoms with Gasteiger partial charge in [-0.25, -0.2) is 8.42 Å². The van der Waals surface area contributed by atoms with Gasteiger partial charge in [0, 0.05) is 24.3 Å². The van der Waals surface area contributed by atoms with Gasteiger partial charge in [-0.2, -0.15) is 0 Å². The normalized spacial score (nSPS) is 14.9. The Morgan fingerprint density at radius 2 is 1.64 bits per heavy atom. The third kappa shape index (κ3) is 5.11. The minimum Gasteiger partial charge on any atom is -0.378 e. The second-order valence-electron chi connectivity index (χ2n) is 7.33. The van der Waals surface area contributed by atoms with Crippen molar-refractivity contribution in [2.45, 2.75) is 25.2 Å². The largest absolute Gasteiger partial charge is 0.378 e. The van der Waals surface area contributed by atoms with Crippen molar-refractivity contribution in [3.8, 4) is 0 Å². The van der Waals surface area contributed by atoms with Crippen LogP contribution >= 0.6 is 0 Å². The molecule has 1 N–H and O–H groups in total. The zero-order valence-corrected chi connectivity index (χ0v) is 17.0. The van der Waals surface area contributed by atoms with E-state index in [0.717, 1.165) is 12.0 Å². The quantitative estimate of drug-likeness (QED) is 0.805. The lowest BCUT2D eigenvalue weighted by Gasteiger charge is -2.26. The van der Waals surface area contributed by atoms with Crippen molar-refractivity contribution < 1.29 is 17.9 Å². The number of rotatable bonds is 6. The molecule has 1 amide bonds. The van der Waals surface area contributed by atoms with Crippen molar-refractivity contribution in [3.05, 3.63) is 59.7 Å². The number of amides is 1. The first-order chi connectivity index (χ1) is 13.3. The lowest BCUT2D eigenvalue weighted by atomic mass is 10.0. The maximum Gasteiger partial charge on any atom is 0.261 e. The molecule has 6 nitrogen and oxygen atoms in total. The predicted octanol–water partition coefficient (Wildman–Crippen LogP) is 3.16. The fourth-order valence-electron chi connectivity index (χ4n) is 3.12. The molecular formula is C21H26N2O4S. The molecule has 1 fully saturated rings. The topological polar surface area (TPSA) is 75.7 Å². The Labute approximate surface area is 166 Å². The number of benzene rings is 2. The van der Waals surface area contributed by atoms with E-state index in [4.69, 9.17) is 4.74 Å². The van der Waals surface area contributed by atoms with Gasteiger partial charge >= 0.3 is 0 Å². The van der Waals surface area contributed by atoms with E-state index in [0.29, 0.717) is 43.5 Å². The summed E-state index contributed by atoms with van der Waals surface area (Å²) in [6.07, 6.45) is 0.909. The monoisotopic (exact) mass is 402 g/mol. The van der Waals surface area contributed by atoms with E-state index >= 15 is 0 Å². The fraction of sp³-hybridized carbons (Fsp3) is 0.381. The molecule has 0 atom stereocenters. The standard InChI is InChI=1S/C21H26N2O4S/c1-16(2)15-17-3-9-20(10-4-17)28(25,26)22-19-7-5-18(6-8-19)21(24)23-11-13-27-14-12-23/h3-10,16,22H,11-15H2,1-2H3. The molecule has 1 heterocycles. The Morgan fingerprint density at radius 1 is 1.04 bits per heavy atom. The molecule has 0 unspecified atom stereocenters. The summed E-state index contributed by atoms with van der Waals surface area (Å²) in [6, 6.07) is 13.4. The number of carbonyl (C=O) groups is 1. The summed E-state index contributed by atoms with van der Waals surface area (Å²) < 4.78 is 33.0. The van der Waals surface area contributed by atoms with Gasteiger partial charge in [-0.1, -0.05) is 26.0 Å². The van der Waals surface area contributed by atoms with E-state index < -0.39 is 10.0 Å². The number of nitrogens with zero attached hydrogens (tertiary/aromatic N) is 1. The van der Waals surface area contributed by atoms with Crippen LogP contribution in [0.1, 0.15) is 29.8 Å². The molecule has 3 rings (SSSR count). The average Bonchev–Trinajstić information content (AvgIpc) is 2.68. The molecule has 0 radical (unpaired) electrons. The molecule has 28 heavy (non-hydrogen) atoms. The average molecular weight is 403 g/mol. The SMILES string of the molecule is CC(C)Cc1ccc(S(=O)(=O)Nc2ccc(C(=O)N3CCOCC3)cc2)cc1. The highest BCUT2D eigenvalue weighted by Crippen LogP contribution is 2.19. The van der Waals surface area contributed by atoms with Gasteiger partial charge < -0.3 is 9.64 Å². The molecule has 2 aromatic rings. The molecule has 2 aromatic carbocycles. The van der Waals surface area contributed by atoms with Crippen molar-refractivity contribution >= 4 is 21.6 Å². The van der Waals surface area contributed by atoms with Gasteiger partial charge in [0.25, 0.3) is 15.9 Å². The van der Waals surface area contributed by atoms with Crippen LogP contribution in [0.25, 0.3) is 0 Å². The molecule has 0 spiro atoms. The van der Waals surface area contributed by atoms with Crippen LogP contribution < -0.4 is 4.72 Å². The minimum absolute atomic E-state index is 0.0709. The number of anilines is 1. The first-order valence-electron chi connectivity index (χ1n) is 9.44. The van der Waals surface area contributed by atoms with Crippen LogP contribution in [0.4, 0.5) is 5.69 Å². The van der Waals surface area contributed by atoms with E-state index in [9.17, 15) is 13.2 Å². The Kier molecular flexibility index (Phi) is 6.36. The van der Waals surface area contributed by atoms with E-state index in [1.807, 2.05) is 12.1 Å². The van der Waals surface area contributed by atoms with Crippen LogP contribution in [0.2, 0.25) is 0 Å². The number of hydrogen-bond donors (Lipinski definition) is 1. The number of morpholine rings is 1. The first kappa shape index (κ1) is 20.4. The zero-order chi connectivity index (χ0) is 20.1. The fourth-order valence-corrected chi connectivity index (χ4v) is 4.18. The summed E-state index contributed by atoms with van der Waals surface area (Å²) in [4.78, 5) is 14.4. The first-order valence-corrected chi connectivity index (χ1v) is 10.9. The van der Waals surface area contributed by atoms with Gasteiger partial charge in [-0.05, 0) is 54.3 Å². The summed E-state index contributed by atoms with van der Waals surface area (Å²) in [5.41, 5.74) is 2.06. The molecule has 1 saturated heterocycles. The van der Waals surface area contributed by atoms with Crippen molar-refractivity contribution in [3.63, 3.8) is 0 Å². The van der Waals surface area contributed by atoms with Gasteiger partial charge in [-0.15, -0.1) is 0 Å². The molecular weight excluding hydrogens is 376 g/mol. The van der Waals surface area contributed by atoms with E-state index in [-0.39, 0.29) is 10.8 Å². The summed E-state index contributed by atoms with van der Waals surface area (Å²) in [7, 11) is -3.67. The molecule has 7 heteroatoms. The highest BCUT2D eigenvalue weighted by molar-refractivity contribution is 7.92. The van der Waals surface area contributed by atoms with Crippen LogP contribution in [-0.2, 0) is 21.2 Å². The van der Waals surface area contributed by atoms with Crippen molar-refractivity contribution in [1.82, 2.24) is 4.90 Å². The van der Waals surface area contributed by atoms with Crippen LogP contribution in [0.5, 0.6) is 0 Å². The summed E-state index contributed by atoms with van der Waals surface area (Å²) >= 11 is 0.